The van der Waals surface area contributed by atoms with Crippen molar-refractivity contribution in [3.63, 3.8) is 0 Å². The minimum absolute atomic E-state index is 0.0522. The molecule has 0 radical (unpaired) electrons. The van der Waals surface area contributed by atoms with Gasteiger partial charge >= 0.3 is 15.9 Å². The van der Waals surface area contributed by atoms with Gasteiger partial charge in [0.15, 0.2) is 35.1 Å². The maximum absolute atomic E-state index is 13.1. The van der Waals surface area contributed by atoms with Crippen molar-refractivity contribution in [3.8, 4) is 0 Å². The third-order valence-electron chi connectivity index (χ3n) is 7.22. The molecule has 46 heavy (non-hydrogen) atoms. The summed E-state index contributed by atoms with van der Waals surface area (Å²) < 4.78 is 54.1. The molecule has 4 aromatic rings. The summed E-state index contributed by atoms with van der Waals surface area (Å²) in [7, 11) is -7.91. The number of aliphatic hydroxyl groups excluding tert-OH is 3. The number of aromatic amines is 1. The van der Waals surface area contributed by atoms with Crippen LogP contribution in [0.25, 0.3) is 22.3 Å². The van der Waals surface area contributed by atoms with Crippen LogP contribution in [0.4, 0.5) is 11.8 Å². The maximum Gasteiger partial charge on any atom is 0.534 e. The number of nitrogens with one attached hydrogen (secondary N) is 1. The lowest BCUT2D eigenvalue weighted by Gasteiger charge is -2.24. The summed E-state index contributed by atoms with van der Waals surface area (Å²) in [5.74, 6) is -0.198. The van der Waals surface area contributed by atoms with Crippen molar-refractivity contribution in [1.82, 2.24) is 39.0 Å². The molecule has 2 aliphatic rings. The molecule has 23 nitrogen and oxygen atoms in total. The van der Waals surface area contributed by atoms with Crippen LogP contribution < -0.4 is 17.0 Å². The van der Waals surface area contributed by atoms with Crippen molar-refractivity contribution in [1.29, 1.82) is 0 Å². The second kappa shape index (κ2) is 12.6. The fourth-order valence-corrected chi connectivity index (χ4v) is 6.47. The molecule has 25 heteroatoms. The quantitative estimate of drug-likeness (QED) is 0.0738. The third-order valence-corrected chi connectivity index (χ3v) is 8.57. The average molecular weight is 689 g/mol. The molecule has 0 spiro atoms. The molecule has 10 atom stereocenters. The molecule has 10 N–H and O–H groups in total. The van der Waals surface area contributed by atoms with Gasteiger partial charge in [0.05, 0.1) is 25.9 Å². The van der Waals surface area contributed by atoms with Crippen molar-refractivity contribution in [2.75, 3.05) is 31.0 Å². The lowest BCUT2D eigenvalue weighted by molar-refractivity contribution is -0.0622. The fraction of sp³-hybridized carbons (Fsp3) is 0.524. The summed E-state index contributed by atoms with van der Waals surface area (Å²) in [6.45, 7) is -1.55. The number of aromatic nitrogens is 8. The number of ether oxygens (including phenoxy) is 3. The molecule has 6 rings (SSSR count). The van der Waals surface area contributed by atoms with Gasteiger partial charge in [0, 0.05) is 0 Å². The Labute approximate surface area is 256 Å². The highest BCUT2D eigenvalue weighted by atomic mass is 31.2. The molecule has 0 aliphatic carbocycles. The Balaban J connectivity index is 1.18. The smallest absolute Gasteiger partial charge is 0.394 e. The second-order valence-corrected chi connectivity index (χ2v) is 12.5. The Hall–Kier alpha value is -3.57. The zero-order valence-electron chi connectivity index (χ0n) is 23.2. The largest absolute Gasteiger partial charge is 0.534 e. The number of nitrogens with two attached hydrogens (primary N) is 2. The van der Waals surface area contributed by atoms with Gasteiger partial charge in [0.1, 0.15) is 48.5 Å². The number of aliphatic hydroxyl groups is 3. The van der Waals surface area contributed by atoms with Gasteiger partial charge in [-0.3, -0.25) is 28.0 Å². The van der Waals surface area contributed by atoms with Gasteiger partial charge in [-0.1, -0.05) is 0 Å². The number of rotatable bonds is 11. The minimum Gasteiger partial charge on any atom is -0.394 e. The number of hydrogen-bond acceptors (Lipinski definition) is 18. The highest BCUT2D eigenvalue weighted by Crippen LogP contribution is 2.49. The molecule has 2 saturated heterocycles. The van der Waals surface area contributed by atoms with Gasteiger partial charge in [-0.15, -0.1) is 0 Å². The molecule has 0 bridgehead atoms. The Kier molecular flexibility index (Phi) is 8.84. The van der Waals surface area contributed by atoms with Gasteiger partial charge in [-0.25, -0.2) is 24.5 Å². The van der Waals surface area contributed by atoms with Crippen LogP contribution in [0.2, 0.25) is 0 Å². The Morgan fingerprint density at radius 3 is 2.35 bits per heavy atom. The monoisotopic (exact) mass is 689 g/mol. The molecule has 0 aromatic carbocycles. The van der Waals surface area contributed by atoms with Crippen LogP contribution in [0, 0.1) is 0 Å². The summed E-state index contributed by atoms with van der Waals surface area (Å²) in [5, 5.41) is 31.9. The summed E-state index contributed by atoms with van der Waals surface area (Å²) in [6.07, 6.45) is -8.79. The van der Waals surface area contributed by atoms with Crippen molar-refractivity contribution < 1.29 is 57.5 Å². The van der Waals surface area contributed by atoms with E-state index in [2.05, 4.69) is 29.9 Å². The lowest BCUT2D eigenvalue weighted by atomic mass is 10.1. The average Bonchev–Trinajstić information content (AvgIpc) is 3.76. The van der Waals surface area contributed by atoms with E-state index in [9.17, 15) is 39.0 Å². The molecule has 0 amide bonds. The molecule has 2 fully saturated rings. The molecular formula is C21H27N10O13P2+. The predicted molar refractivity (Wildman–Crippen MR) is 149 cm³/mol. The van der Waals surface area contributed by atoms with Gasteiger partial charge in [0.2, 0.25) is 5.95 Å². The number of phosphoric acid groups is 1. The molecule has 0 saturated carbocycles. The summed E-state index contributed by atoms with van der Waals surface area (Å²) in [5.41, 5.74) is 10.9. The van der Waals surface area contributed by atoms with E-state index >= 15 is 0 Å². The zero-order chi connectivity index (χ0) is 32.9. The summed E-state index contributed by atoms with van der Waals surface area (Å²) in [6, 6.07) is 0. The molecule has 248 valence electrons. The van der Waals surface area contributed by atoms with Crippen LogP contribution in [-0.4, -0.2) is 120 Å². The van der Waals surface area contributed by atoms with Gasteiger partial charge in [-0.05, 0) is 4.57 Å². The number of nitrogens with zero attached hydrogens (tertiary/aromatic N) is 7. The van der Waals surface area contributed by atoms with Crippen LogP contribution in [0.5, 0.6) is 0 Å². The number of anilines is 2. The first kappa shape index (κ1) is 32.4. The lowest BCUT2D eigenvalue weighted by Crippen LogP contribution is -2.37. The molecular weight excluding hydrogens is 662 g/mol. The highest BCUT2D eigenvalue weighted by Gasteiger charge is 2.51. The first-order valence-electron chi connectivity index (χ1n) is 13.2. The summed E-state index contributed by atoms with van der Waals surface area (Å²) in [4.78, 5) is 54.2. The fourth-order valence-electron chi connectivity index (χ4n) is 5.20. The standard InChI is InChI=1S/C21H26N10O13P2/c22-15-9-16(25-3-24-15)30(4-26-9)19-11(33)13(40-6-45(36)37)8(43-19)2-41-46(38,39)44-14-7(1-32)42-20(12(14)34)31-5-27-10-17(31)28-21(23)29-18(10)35/h3-5,7-8,11-14,19-20,32-34H,1-2,6H2,(H6-,22,23,24,25,28,29,35,36,37,38,39)/p+1/t7-,8-,11+,12+,13+,14+,19-,20-/m1/s1. The highest BCUT2D eigenvalue weighted by molar-refractivity contribution is 7.47. The zero-order valence-corrected chi connectivity index (χ0v) is 24.9. The first-order chi connectivity index (χ1) is 21.9. The van der Waals surface area contributed by atoms with Crippen LogP contribution in [-0.2, 0) is 32.4 Å². The number of imidazole rings is 2. The van der Waals surface area contributed by atoms with Gasteiger partial charge < -0.3 is 45.9 Å². The molecule has 4 aromatic heterocycles. The van der Waals surface area contributed by atoms with E-state index < -0.39 is 90.1 Å². The van der Waals surface area contributed by atoms with Crippen LogP contribution in [0.1, 0.15) is 12.5 Å². The van der Waals surface area contributed by atoms with Gasteiger partial charge in [0.25, 0.3) is 11.9 Å². The van der Waals surface area contributed by atoms with Crippen molar-refractivity contribution >= 4 is 49.9 Å². The van der Waals surface area contributed by atoms with E-state index in [-0.39, 0.29) is 34.1 Å². The predicted octanol–water partition coefficient (Wildman–Crippen LogP) is -2.79. The maximum atomic E-state index is 13.1. The second-order valence-electron chi connectivity index (χ2n) is 10.1. The minimum atomic E-state index is -5.11. The number of hydrogen-bond donors (Lipinski definition) is 8. The van der Waals surface area contributed by atoms with E-state index in [0.29, 0.717) is 0 Å². The first-order valence-corrected chi connectivity index (χ1v) is 16.1. The molecule has 2 aliphatic heterocycles. The number of phosphoric ester groups is 1. The Morgan fingerprint density at radius 2 is 1.65 bits per heavy atom. The normalized spacial score (nSPS) is 29.9. The third kappa shape index (κ3) is 5.99. The van der Waals surface area contributed by atoms with E-state index in [1.807, 2.05) is 0 Å². The van der Waals surface area contributed by atoms with E-state index in [4.69, 9.17) is 34.7 Å². The number of H-pyrrole nitrogens is 1. The van der Waals surface area contributed by atoms with Crippen molar-refractivity contribution in [2.24, 2.45) is 0 Å². The number of fused-ring (bicyclic) bond motifs is 2. The Bertz CT molecular complexity index is 1870. The topological polar surface area (TPSA) is 341 Å². The van der Waals surface area contributed by atoms with Crippen LogP contribution in [0.3, 0.4) is 0 Å². The summed E-state index contributed by atoms with van der Waals surface area (Å²) >= 11 is 0. The number of nitrogen functional groups attached to an aromatic ring is 2. The van der Waals surface area contributed by atoms with Crippen molar-refractivity contribution in [2.45, 2.75) is 49.1 Å². The van der Waals surface area contributed by atoms with Crippen LogP contribution in [0.15, 0.2) is 23.8 Å². The Morgan fingerprint density at radius 1 is 1.00 bits per heavy atom. The van der Waals surface area contributed by atoms with E-state index in [0.717, 1.165) is 17.2 Å². The van der Waals surface area contributed by atoms with E-state index in [1.54, 1.807) is 0 Å². The molecule has 6 heterocycles. The van der Waals surface area contributed by atoms with Gasteiger partial charge in [-0.2, -0.15) is 9.88 Å². The van der Waals surface area contributed by atoms with Crippen LogP contribution >= 0.6 is 15.9 Å². The SMILES string of the molecule is Nc1nc2c(ncn2[C@@H]2O[C@H](CO)[C@H](OP(=O)(O)OC[C@H]3O[C@@H](n4cnc5c(N)ncnc54)[C@@H](O)[C@H]3OC[P+](=O)O)[C@@H]2O)c(=O)[nH]1. The van der Waals surface area contributed by atoms with Crippen molar-refractivity contribution in [3.05, 3.63) is 29.3 Å². The molecule has 2 unspecified atom stereocenters. The van der Waals surface area contributed by atoms with E-state index in [1.165, 1.54) is 10.9 Å².